The van der Waals surface area contributed by atoms with Crippen molar-refractivity contribution in [2.24, 2.45) is 5.73 Å². The number of nitrogens with two attached hydrogens (primary N) is 1. The Hall–Kier alpha value is -1.13. The number of unbranched alkanes of at least 4 members (excludes halogenated alkanes) is 1. The number of thiocarbonyl (C=S) groups is 1. The molecule has 0 aromatic heterocycles. The van der Waals surface area contributed by atoms with E-state index >= 15 is 0 Å². The van der Waals surface area contributed by atoms with Gasteiger partial charge in [0.1, 0.15) is 4.99 Å². The first-order valence-electron chi connectivity index (χ1n) is 5.95. The van der Waals surface area contributed by atoms with Gasteiger partial charge in [-0.3, -0.25) is 0 Å². The second kappa shape index (κ2) is 8.03. The molecule has 0 amide bonds. The lowest BCUT2D eigenvalue weighted by atomic mass is 10.2. The second-order valence-electron chi connectivity index (χ2n) is 3.83. The van der Waals surface area contributed by atoms with Crippen LogP contribution in [0.3, 0.4) is 0 Å². The van der Waals surface area contributed by atoms with Crippen molar-refractivity contribution in [3.63, 3.8) is 0 Å². The molecule has 0 spiro atoms. The first-order valence-corrected chi connectivity index (χ1v) is 6.36. The van der Waals surface area contributed by atoms with Crippen molar-refractivity contribution in [3.8, 4) is 0 Å². The van der Waals surface area contributed by atoms with Crippen molar-refractivity contribution in [3.05, 3.63) is 29.8 Å². The quantitative estimate of drug-likeness (QED) is 0.551. The molecule has 0 unspecified atom stereocenters. The van der Waals surface area contributed by atoms with E-state index in [0.717, 1.165) is 37.4 Å². The van der Waals surface area contributed by atoms with Gasteiger partial charge in [-0.15, -0.1) is 0 Å². The molecule has 0 radical (unpaired) electrons. The highest BCUT2D eigenvalue weighted by molar-refractivity contribution is 7.80. The van der Waals surface area contributed by atoms with Gasteiger partial charge in [-0.25, -0.2) is 0 Å². The molecule has 1 aromatic rings. The van der Waals surface area contributed by atoms with Gasteiger partial charge in [0, 0.05) is 24.4 Å². The molecule has 1 rings (SSSR count). The lowest BCUT2D eigenvalue weighted by Gasteiger charge is -2.07. The fourth-order valence-electron chi connectivity index (χ4n) is 1.37. The van der Waals surface area contributed by atoms with Crippen LogP contribution in [0.1, 0.15) is 25.3 Å². The molecule has 17 heavy (non-hydrogen) atoms. The van der Waals surface area contributed by atoms with E-state index in [4.69, 9.17) is 22.7 Å². The summed E-state index contributed by atoms with van der Waals surface area (Å²) in [6.45, 7) is 4.55. The van der Waals surface area contributed by atoms with Crippen molar-refractivity contribution < 1.29 is 4.74 Å². The number of hydrogen-bond donors (Lipinski definition) is 2. The lowest BCUT2D eigenvalue weighted by molar-refractivity contribution is 0.141. The van der Waals surface area contributed by atoms with Crippen LogP contribution in [0.5, 0.6) is 0 Å². The number of hydrogen-bond acceptors (Lipinski definition) is 3. The summed E-state index contributed by atoms with van der Waals surface area (Å²) in [5.74, 6) is 0. The molecule has 1 aromatic carbocycles. The van der Waals surface area contributed by atoms with E-state index in [9.17, 15) is 0 Å². The Bertz CT molecular complexity index is 338. The molecule has 3 nitrogen and oxygen atoms in total. The Morgan fingerprint density at radius 2 is 2.00 bits per heavy atom. The highest BCUT2D eigenvalue weighted by atomic mass is 32.1. The minimum atomic E-state index is 0.430. The maximum absolute atomic E-state index is 5.52. The maximum atomic E-state index is 5.52. The maximum Gasteiger partial charge on any atom is 0.103 e. The van der Waals surface area contributed by atoms with E-state index in [2.05, 4.69) is 12.2 Å². The zero-order valence-electron chi connectivity index (χ0n) is 10.2. The van der Waals surface area contributed by atoms with Crippen molar-refractivity contribution >= 4 is 22.9 Å². The summed E-state index contributed by atoms with van der Waals surface area (Å²) in [5.41, 5.74) is 7.48. The molecule has 0 saturated carbocycles. The molecule has 0 aliphatic carbocycles. The smallest absolute Gasteiger partial charge is 0.103 e. The first-order chi connectivity index (χ1) is 8.24. The third kappa shape index (κ3) is 5.65. The minimum absolute atomic E-state index is 0.430. The Labute approximate surface area is 108 Å². The molecule has 3 N–H and O–H groups in total. The second-order valence-corrected chi connectivity index (χ2v) is 4.27. The Balaban J connectivity index is 2.21. The molecular formula is C13H20N2OS. The van der Waals surface area contributed by atoms with Gasteiger partial charge < -0.3 is 15.8 Å². The molecule has 0 bridgehead atoms. The molecule has 0 saturated heterocycles. The van der Waals surface area contributed by atoms with Crippen LogP contribution in [0.4, 0.5) is 5.69 Å². The third-order valence-corrected chi connectivity index (χ3v) is 2.62. The zero-order valence-corrected chi connectivity index (χ0v) is 11.1. The average molecular weight is 252 g/mol. The number of benzene rings is 1. The highest BCUT2D eigenvalue weighted by Crippen LogP contribution is 2.08. The Kier molecular flexibility index (Phi) is 6.58. The van der Waals surface area contributed by atoms with E-state index in [0.29, 0.717) is 4.99 Å². The van der Waals surface area contributed by atoms with Crippen LogP contribution in [0.15, 0.2) is 24.3 Å². The van der Waals surface area contributed by atoms with Gasteiger partial charge in [0.2, 0.25) is 0 Å². The fraction of sp³-hybridized carbons (Fsp3) is 0.462. The van der Waals surface area contributed by atoms with Crippen molar-refractivity contribution in [2.45, 2.75) is 19.8 Å². The van der Waals surface area contributed by atoms with Gasteiger partial charge in [0.15, 0.2) is 0 Å². The standard InChI is InChI=1S/C13H20N2OS/c1-2-3-9-16-10-8-15-12-6-4-11(5-7-12)13(14)17/h4-7,15H,2-3,8-10H2,1H3,(H2,14,17). The third-order valence-electron chi connectivity index (χ3n) is 2.39. The molecule has 0 fully saturated rings. The summed E-state index contributed by atoms with van der Waals surface area (Å²) in [4.78, 5) is 0.430. The van der Waals surface area contributed by atoms with Crippen molar-refractivity contribution in [1.29, 1.82) is 0 Å². The van der Waals surface area contributed by atoms with E-state index in [1.165, 1.54) is 6.42 Å². The zero-order chi connectivity index (χ0) is 12.5. The molecule has 94 valence electrons. The van der Waals surface area contributed by atoms with Gasteiger partial charge in [0.25, 0.3) is 0 Å². The van der Waals surface area contributed by atoms with Crippen LogP contribution in [-0.4, -0.2) is 24.7 Å². The van der Waals surface area contributed by atoms with E-state index in [1.807, 2.05) is 24.3 Å². The molecule has 0 atom stereocenters. The van der Waals surface area contributed by atoms with Gasteiger partial charge in [0.05, 0.1) is 6.61 Å². The topological polar surface area (TPSA) is 47.3 Å². The predicted octanol–water partition coefficient (Wildman–Crippen LogP) is 2.55. The molecule has 0 aliphatic rings. The monoisotopic (exact) mass is 252 g/mol. The van der Waals surface area contributed by atoms with Gasteiger partial charge >= 0.3 is 0 Å². The summed E-state index contributed by atoms with van der Waals surface area (Å²) >= 11 is 4.89. The van der Waals surface area contributed by atoms with Crippen LogP contribution in [0.25, 0.3) is 0 Å². The predicted molar refractivity (Wildman–Crippen MR) is 76.5 cm³/mol. The van der Waals surface area contributed by atoms with Gasteiger partial charge in [-0.1, -0.05) is 25.6 Å². The lowest BCUT2D eigenvalue weighted by Crippen LogP contribution is -2.11. The van der Waals surface area contributed by atoms with Crippen molar-refractivity contribution in [1.82, 2.24) is 0 Å². The summed E-state index contributed by atoms with van der Waals surface area (Å²) in [7, 11) is 0. The largest absolute Gasteiger partial charge is 0.389 e. The van der Waals surface area contributed by atoms with Crippen LogP contribution in [0, 0.1) is 0 Å². The molecule has 0 heterocycles. The highest BCUT2D eigenvalue weighted by Gasteiger charge is 1.96. The van der Waals surface area contributed by atoms with Crippen LogP contribution < -0.4 is 11.1 Å². The number of rotatable bonds is 8. The minimum Gasteiger partial charge on any atom is -0.389 e. The van der Waals surface area contributed by atoms with Gasteiger partial charge in [-0.2, -0.15) is 0 Å². The van der Waals surface area contributed by atoms with Crippen LogP contribution in [0.2, 0.25) is 0 Å². The summed E-state index contributed by atoms with van der Waals surface area (Å²) in [5, 5.41) is 3.28. The van der Waals surface area contributed by atoms with E-state index in [-0.39, 0.29) is 0 Å². The van der Waals surface area contributed by atoms with Crippen LogP contribution >= 0.6 is 12.2 Å². The molecular weight excluding hydrogens is 232 g/mol. The first kappa shape index (κ1) is 13.9. The fourth-order valence-corrected chi connectivity index (χ4v) is 1.50. The van der Waals surface area contributed by atoms with Crippen molar-refractivity contribution in [2.75, 3.05) is 25.1 Å². The average Bonchev–Trinajstić information content (AvgIpc) is 2.34. The number of nitrogens with one attached hydrogen (secondary N) is 1. The summed E-state index contributed by atoms with van der Waals surface area (Å²) in [6, 6.07) is 7.78. The SMILES string of the molecule is CCCCOCCNc1ccc(C(N)=S)cc1. The molecule has 0 aliphatic heterocycles. The number of anilines is 1. The number of ether oxygens (including phenoxy) is 1. The van der Waals surface area contributed by atoms with E-state index in [1.54, 1.807) is 0 Å². The van der Waals surface area contributed by atoms with Gasteiger partial charge in [-0.05, 0) is 30.7 Å². The Morgan fingerprint density at radius 3 is 2.59 bits per heavy atom. The summed E-state index contributed by atoms with van der Waals surface area (Å²) in [6.07, 6.45) is 2.30. The molecule has 4 heteroatoms. The van der Waals surface area contributed by atoms with Crippen LogP contribution in [-0.2, 0) is 4.74 Å². The Morgan fingerprint density at radius 1 is 1.29 bits per heavy atom. The van der Waals surface area contributed by atoms with E-state index < -0.39 is 0 Å². The normalized spacial score (nSPS) is 10.2. The summed E-state index contributed by atoms with van der Waals surface area (Å²) < 4.78 is 5.45.